The minimum Gasteiger partial charge on any atom is -0.329 e. The van der Waals surface area contributed by atoms with Crippen molar-refractivity contribution in [2.24, 2.45) is 11.8 Å². The maximum Gasteiger partial charge on any atom is 0.178 e. The number of hydrogen-bond acceptors (Lipinski definition) is 2. The van der Waals surface area contributed by atoms with E-state index in [1.165, 1.54) is 0 Å². The van der Waals surface area contributed by atoms with E-state index in [0.717, 1.165) is 17.6 Å². The van der Waals surface area contributed by atoms with Crippen LogP contribution in [0.4, 0.5) is 0 Å². The van der Waals surface area contributed by atoms with E-state index in [0.29, 0.717) is 21.6 Å². The molecule has 0 aromatic carbocycles. The number of nitrogens with one attached hydrogen (secondary N) is 1. The zero-order valence-corrected chi connectivity index (χ0v) is 11.8. The monoisotopic (exact) mass is 269 g/mol. The Morgan fingerprint density at radius 3 is 2.76 bits per heavy atom. The topological polar surface area (TPSA) is 33.6 Å². The number of nitrogens with zero attached hydrogens (tertiary/aromatic N) is 2. The normalized spacial score (nSPS) is 13.5. The number of H-pyrrole nitrogens is 1. The average molecular weight is 270 g/mol. The smallest absolute Gasteiger partial charge is 0.178 e. The second kappa shape index (κ2) is 4.78. The fourth-order valence-electron chi connectivity index (χ4n) is 1.75. The molecule has 5 heteroatoms. The lowest BCUT2D eigenvalue weighted by Gasteiger charge is -2.16. The van der Waals surface area contributed by atoms with Gasteiger partial charge in [-0.2, -0.15) is 0 Å². The number of aromatic nitrogens is 3. The average Bonchev–Trinajstić information content (AvgIpc) is 2.56. The zero-order valence-electron chi connectivity index (χ0n) is 10.2. The van der Waals surface area contributed by atoms with Crippen molar-refractivity contribution in [3.8, 4) is 0 Å². The summed E-state index contributed by atoms with van der Waals surface area (Å²) < 4.78 is 2.78. The van der Waals surface area contributed by atoms with Gasteiger partial charge in [0.25, 0.3) is 0 Å². The first-order chi connectivity index (χ1) is 8.00. The molecule has 1 N–H and O–H groups in total. The molecule has 0 saturated heterocycles. The highest BCUT2D eigenvalue weighted by Crippen LogP contribution is 2.24. The minimum atomic E-state index is 0.546. The Hall–Kier alpha value is -0.870. The SMILES string of the molecule is CC(C)C(C)Cn1c(=S)[nH]c2cncc(Cl)c21. The minimum absolute atomic E-state index is 0.546. The van der Waals surface area contributed by atoms with Crippen molar-refractivity contribution in [2.45, 2.75) is 27.3 Å². The molecule has 2 aromatic heterocycles. The molecule has 0 bridgehead atoms. The molecule has 0 saturated carbocycles. The molecule has 0 spiro atoms. The quantitative estimate of drug-likeness (QED) is 0.853. The first kappa shape index (κ1) is 12.6. The van der Waals surface area contributed by atoms with Crippen molar-refractivity contribution in [2.75, 3.05) is 0 Å². The van der Waals surface area contributed by atoms with Gasteiger partial charge in [0.15, 0.2) is 4.77 Å². The summed E-state index contributed by atoms with van der Waals surface area (Å²) in [5, 5.41) is 0.644. The number of aromatic amines is 1. The number of halogens is 1. The van der Waals surface area contributed by atoms with Crippen molar-refractivity contribution >= 4 is 34.9 Å². The molecule has 3 nitrogen and oxygen atoms in total. The highest BCUT2D eigenvalue weighted by Gasteiger charge is 2.13. The number of pyridine rings is 1. The molecule has 0 fully saturated rings. The van der Waals surface area contributed by atoms with Crippen molar-refractivity contribution < 1.29 is 0 Å². The molecule has 0 amide bonds. The van der Waals surface area contributed by atoms with Crippen LogP contribution in [0.2, 0.25) is 5.02 Å². The second-order valence-electron chi connectivity index (χ2n) is 4.78. The Morgan fingerprint density at radius 1 is 1.41 bits per heavy atom. The Balaban J connectivity index is 2.53. The van der Waals surface area contributed by atoms with Crippen LogP contribution in [0.5, 0.6) is 0 Å². The molecule has 1 unspecified atom stereocenters. The standard InChI is InChI=1S/C12H16ClN3S/c1-7(2)8(3)6-16-11-9(13)4-14-5-10(11)15-12(16)17/h4-5,7-8H,6H2,1-3H3,(H,15,17). The molecule has 2 heterocycles. The molecule has 92 valence electrons. The summed E-state index contributed by atoms with van der Waals surface area (Å²) in [6.45, 7) is 7.53. The lowest BCUT2D eigenvalue weighted by Crippen LogP contribution is -2.13. The number of imidazole rings is 1. The summed E-state index contributed by atoms with van der Waals surface area (Å²) in [6.07, 6.45) is 3.41. The van der Waals surface area contributed by atoms with E-state index in [9.17, 15) is 0 Å². The van der Waals surface area contributed by atoms with E-state index in [-0.39, 0.29) is 0 Å². The third-order valence-electron chi connectivity index (χ3n) is 3.24. The van der Waals surface area contributed by atoms with E-state index >= 15 is 0 Å². The molecule has 2 rings (SSSR count). The van der Waals surface area contributed by atoms with Gasteiger partial charge in [0, 0.05) is 12.7 Å². The molecule has 0 radical (unpaired) electrons. The molecule has 0 aliphatic carbocycles. The maximum absolute atomic E-state index is 6.19. The number of hydrogen-bond donors (Lipinski definition) is 1. The van der Waals surface area contributed by atoms with Gasteiger partial charge in [0.1, 0.15) is 0 Å². The lowest BCUT2D eigenvalue weighted by molar-refractivity contribution is 0.367. The van der Waals surface area contributed by atoms with Crippen molar-refractivity contribution in [3.05, 3.63) is 22.2 Å². The van der Waals surface area contributed by atoms with Gasteiger partial charge >= 0.3 is 0 Å². The van der Waals surface area contributed by atoms with E-state index in [1.807, 2.05) is 0 Å². The first-order valence-corrected chi connectivity index (χ1v) is 6.51. The van der Waals surface area contributed by atoms with Crippen LogP contribution in [-0.2, 0) is 6.54 Å². The molecule has 2 aromatic rings. The molecule has 17 heavy (non-hydrogen) atoms. The number of rotatable bonds is 3. The third-order valence-corrected chi connectivity index (χ3v) is 3.84. The number of fused-ring (bicyclic) bond motifs is 1. The summed E-state index contributed by atoms with van der Waals surface area (Å²) >= 11 is 11.5. The van der Waals surface area contributed by atoms with Crippen molar-refractivity contribution in [1.29, 1.82) is 0 Å². The summed E-state index contributed by atoms with van der Waals surface area (Å²) in [4.78, 5) is 7.20. The molecular formula is C12H16ClN3S. The third kappa shape index (κ3) is 2.38. The van der Waals surface area contributed by atoms with Crippen LogP contribution in [0.1, 0.15) is 20.8 Å². The fourth-order valence-corrected chi connectivity index (χ4v) is 2.29. The highest BCUT2D eigenvalue weighted by atomic mass is 35.5. The van der Waals surface area contributed by atoms with E-state index in [2.05, 4.69) is 35.3 Å². The van der Waals surface area contributed by atoms with E-state index < -0.39 is 0 Å². The van der Waals surface area contributed by atoms with Crippen LogP contribution >= 0.6 is 23.8 Å². The summed E-state index contributed by atoms with van der Waals surface area (Å²) in [5.74, 6) is 1.16. The predicted octanol–water partition coefficient (Wildman–Crippen LogP) is 4.04. The van der Waals surface area contributed by atoms with Crippen molar-refractivity contribution in [3.63, 3.8) is 0 Å². The van der Waals surface area contributed by atoms with Crippen LogP contribution in [0.15, 0.2) is 12.4 Å². The van der Waals surface area contributed by atoms with Gasteiger partial charge < -0.3 is 9.55 Å². The van der Waals surface area contributed by atoms with Gasteiger partial charge in [-0.15, -0.1) is 0 Å². The van der Waals surface area contributed by atoms with Crippen molar-refractivity contribution in [1.82, 2.24) is 14.5 Å². The fraction of sp³-hybridized carbons (Fsp3) is 0.500. The Morgan fingerprint density at radius 2 is 2.12 bits per heavy atom. The van der Waals surface area contributed by atoms with Gasteiger partial charge in [-0.05, 0) is 24.1 Å². The van der Waals surface area contributed by atoms with Gasteiger partial charge in [-0.3, -0.25) is 4.98 Å². The van der Waals surface area contributed by atoms with Gasteiger partial charge in [-0.1, -0.05) is 32.4 Å². The van der Waals surface area contributed by atoms with Gasteiger partial charge in [0.05, 0.1) is 22.3 Å². The Bertz CT molecular complexity index is 585. The molecular weight excluding hydrogens is 254 g/mol. The molecule has 0 aliphatic rings. The summed E-state index contributed by atoms with van der Waals surface area (Å²) in [5.41, 5.74) is 1.86. The van der Waals surface area contributed by atoms with Gasteiger partial charge in [-0.25, -0.2) is 0 Å². The Kier molecular flexibility index (Phi) is 3.54. The predicted molar refractivity (Wildman–Crippen MR) is 73.9 cm³/mol. The first-order valence-electron chi connectivity index (χ1n) is 5.72. The lowest BCUT2D eigenvalue weighted by atomic mass is 9.98. The van der Waals surface area contributed by atoms with E-state index in [4.69, 9.17) is 23.8 Å². The zero-order chi connectivity index (χ0) is 12.6. The van der Waals surface area contributed by atoms with Crippen LogP contribution in [-0.4, -0.2) is 14.5 Å². The largest absolute Gasteiger partial charge is 0.329 e. The van der Waals surface area contributed by atoms with E-state index in [1.54, 1.807) is 12.4 Å². The van der Waals surface area contributed by atoms with Gasteiger partial charge in [0.2, 0.25) is 0 Å². The van der Waals surface area contributed by atoms with Crippen LogP contribution in [0.3, 0.4) is 0 Å². The second-order valence-corrected chi connectivity index (χ2v) is 5.57. The molecule has 0 aliphatic heterocycles. The Labute approximate surface area is 111 Å². The molecule has 1 atom stereocenters. The van der Waals surface area contributed by atoms with Crippen LogP contribution in [0.25, 0.3) is 11.0 Å². The van der Waals surface area contributed by atoms with Crippen LogP contribution < -0.4 is 0 Å². The summed E-state index contributed by atoms with van der Waals surface area (Å²) in [6, 6.07) is 0. The maximum atomic E-state index is 6.19. The highest BCUT2D eigenvalue weighted by molar-refractivity contribution is 7.71. The van der Waals surface area contributed by atoms with Crippen LogP contribution in [0, 0.1) is 16.6 Å². The summed E-state index contributed by atoms with van der Waals surface area (Å²) in [7, 11) is 0.